The maximum atomic E-state index is 13.4. The molecule has 0 aliphatic heterocycles. The molecule has 2 rings (SSSR count). The second-order valence-electron chi connectivity index (χ2n) is 4.22. The smallest absolute Gasteiger partial charge is 0.169 e. The van der Waals surface area contributed by atoms with Crippen LogP contribution < -0.4 is 5.73 Å². The normalized spacial score (nSPS) is 15.2. The first kappa shape index (κ1) is 11.1. The SMILES string of the molecule is CCC(C)[C@H](N)c1cc2cccc(F)c2o1. The van der Waals surface area contributed by atoms with E-state index < -0.39 is 0 Å². The van der Waals surface area contributed by atoms with Crippen LogP contribution in [0.4, 0.5) is 4.39 Å². The summed E-state index contributed by atoms with van der Waals surface area (Å²) in [7, 11) is 0. The van der Waals surface area contributed by atoms with E-state index in [-0.39, 0.29) is 11.9 Å². The van der Waals surface area contributed by atoms with Crippen LogP contribution in [-0.2, 0) is 0 Å². The lowest BCUT2D eigenvalue weighted by Gasteiger charge is -2.15. The van der Waals surface area contributed by atoms with Crippen LogP contribution in [0.15, 0.2) is 28.7 Å². The van der Waals surface area contributed by atoms with Crippen molar-refractivity contribution in [3.8, 4) is 0 Å². The van der Waals surface area contributed by atoms with Gasteiger partial charge in [0.1, 0.15) is 5.76 Å². The average molecular weight is 221 g/mol. The van der Waals surface area contributed by atoms with Crippen molar-refractivity contribution >= 4 is 11.0 Å². The fraction of sp³-hybridized carbons (Fsp3) is 0.385. The van der Waals surface area contributed by atoms with E-state index in [0.29, 0.717) is 17.3 Å². The molecule has 0 radical (unpaired) electrons. The molecule has 0 aliphatic carbocycles. The number of para-hydroxylation sites is 1. The summed E-state index contributed by atoms with van der Waals surface area (Å²) >= 11 is 0. The van der Waals surface area contributed by atoms with Gasteiger partial charge in [0.2, 0.25) is 0 Å². The van der Waals surface area contributed by atoms with Gasteiger partial charge in [0, 0.05) is 5.39 Å². The summed E-state index contributed by atoms with van der Waals surface area (Å²) in [6, 6.07) is 6.55. The van der Waals surface area contributed by atoms with Crippen LogP contribution in [0.5, 0.6) is 0 Å². The molecule has 0 aliphatic rings. The fourth-order valence-corrected chi connectivity index (χ4v) is 1.75. The highest BCUT2D eigenvalue weighted by Gasteiger charge is 2.18. The zero-order valence-corrected chi connectivity index (χ0v) is 9.53. The topological polar surface area (TPSA) is 39.2 Å². The van der Waals surface area contributed by atoms with Crippen LogP contribution in [-0.4, -0.2) is 0 Å². The summed E-state index contributed by atoms with van der Waals surface area (Å²) in [6.45, 7) is 4.14. The largest absolute Gasteiger partial charge is 0.456 e. The molecule has 0 saturated heterocycles. The molecule has 2 N–H and O–H groups in total. The lowest BCUT2D eigenvalue weighted by Crippen LogP contribution is -2.17. The van der Waals surface area contributed by atoms with Gasteiger partial charge in [0.15, 0.2) is 11.4 Å². The second-order valence-corrected chi connectivity index (χ2v) is 4.22. The number of fused-ring (bicyclic) bond motifs is 1. The summed E-state index contributed by atoms with van der Waals surface area (Å²) < 4.78 is 18.9. The van der Waals surface area contributed by atoms with Crippen LogP contribution in [0.25, 0.3) is 11.0 Å². The molecule has 1 aromatic heterocycles. The Kier molecular flexibility index (Phi) is 2.97. The van der Waals surface area contributed by atoms with Gasteiger partial charge in [0.25, 0.3) is 0 Å². The molecule has 0 spiro atoms. The van der Waals surface area contributed by atoms with Crippen LogP contribution in [0.1, 0.15) is 32.1 Å². The van der Waals surface area contributed by atoms with Crippen molar-refractivity contribution < 1.29 is 8.81 Å². The fourth-order valence-electron chi connectivity index (χ4n) is 1.75. The van der Waals surface area contributed by atoms with Gasteiger partial charge in [-0.05, 0) is 18.1 Å². The lowest BCUT2D eigenvalue weighted by atomic mass is 9.98. The third-order valence-electron chi connectivity index (χ3n) is 3.10. The van der Waals surface area contributed by atoms with E-state index in [1.54, 1.807) is 6.07 Å². The molecule has 16 heavy (non-hydrogen) atoms. The van der Waals surface area contributed by atoms with Gasteiger partial charge in [-0.2, -0.15) is 0 Å². The molecule has 1 heterocycles. The highest BCUT2D eigenvalue weighted by Crippen LogP contribution is 2.29. The van der Waals surface area contributed by atoms with E-state index in [2.05, 4.69) is 13.8 Å². The highest BCUT2D eigenvalue weighted by molar-refractivity contribution is 5.78. The Hall–Kier alpha value is -1.35. The Morgan fingerprint density at radius 2 is 2.19 bits per heavy atom. The quantitative estimate of drug-likeness (QED) is 0.859. The summed E-state index contributed by atoms with van der Waals surface area (Å²) in [5, 5.41) is 0.772. The Labute approximate surface area is 94.2 Å². The predicted molar refractivity (Wildman–Crippen MR) is 62.6 cm³/mol. The average Bonchev–Trinajstić information content (AvgIpc) is 2.72. The number of hydrogen-bond acceptors (Lipinski definition) is 2. The number of furan rings is 1. The third-order valence-corrected chi connectivity index (χ3v) is 3.10. The Balaban J connectivity index is 2.43. The summed E-state index contributed by atoms with van der Waals surface area (Å²) in [5.41, 5.74) is 6.35. The zero-order valence-electron chi connectivity index (χ0n) is 9.53. The number of benzene rings is 1. The molecule has 2 atom stereocenters. The molecule has 1 aromatic carbocycles. The first-order chi connectivity index (χ1) is 7.63. The van der Waals surface area contributed by atoms with Crippen molar-refractivity contribution in [1.29, 1.82) is 0 Å². The molecule has 3 heteroatoms. The first-order valence-corrected chi connectivity index (χ1v) is 5.57. The number of hydrogen-bond donors (Lipinski definition) is 1. The number of nitrogens with two attached hydrogens (primary N) is 1. The van der Waals surface area contributed by atoms with Gasteiger partial charge < -0.3 is 10.2 Å². The summed E-state index contributed by atoms with van der Waals surface area (Å²) in [4.78, 5) is 0. The molecular weight excluding hydrogens is 205 g/mol. The Morgan fingerprint density at radius 3 is 2.81 bits per heavy atom. The van der Waals surface area contributed by atoms with E-state index >= 15 is 0 Å². The van der Waals surface area contributed by atoms with Gasteiger partial charge in [-0.15, -0.1) is 0 Å². The molecular formula is C13H16FNO. The van der Waals surface area contributed by atoms with E-state index in [9.17, 15) is 4.39 Å². The minimum absolute atomic E-state index is 0.170. The molecule has 0 amide bonds. The molecule has 86 valence electrons. The molecule has 2 nitrogen and oxygen atoms in total. The van der Waals surface area contributed by atoms with Crippen LogP contribution in [0.3, 0.4) is 0 Å². The van der Waals surface area contributed by atoms with Crippen molar-refractivity contribution in [3.05, 3.63) is 35.8 Å². The van der Waals surface area contributed by atoms with E-state index in [4.69, 9.17) is 10.2 Å². The van der Waals surface area contributed by atoms with E-state index in [1.165, 1.54) is 6.07 Å². The van der Waals surface area contributed by atoms with Gasteiger partial charge in [-0.25, -0.2) is 4.39 Å². The standard InChI is InChI=1S/C13H16FNO/c1-3-8(2)12(15)11-7-9-5-4-6-10(14)13(9)16-11/h4-8,12H,3,15H2,1-2H3/t8?,12-/m0/s1. The van der Waals surface area contributed by atoms with Crippen molar-refractivity contribution in [2.24, 2.45) is 11.7 Å². The number of rotatable bonds is 3. The van der Waals surface area contributed by atoms with Gasteiger partial charge >= 0.3 is 0 Å². The van der Waals surface area contributed by atoms with E-state index in [0.717, 1.165) is 11.8 Å². The summed E-state index contributed by atoms with van der Waals surface area (Å²) in [6.07, 6.45) is 0.973. The maximum absolute atomic E-state index is 13.4. The van der Waals surface area contributed by atoms with Gasteiger partial charge in [0.05, 0.1) is 6.04 Å². The molecule has 2 aromatic rings. The van der Waals surface area contributed by atoms with Crippen LogP contribution >= 0.6 is 0 Å². The van der Waals surface area contributed by atoms with Crippen LogP contribution in [0.2, 0.25) is 0 Å². The van der Waals surface area contributed by atoms with Crippen LogP contribution in [0, 0.1) is 11.7 Å². The highest BCUT2D eigenvalue weighted by atomic mass is 19.1. The monoisotopic (exact) mass is 221 g/mol. The second kappa shape index (κ2) is 4.26. The molecule has 0 bridgehead atoms. The minimum atomic E-state index is -0.333. The molecule has 0 fully saturated rings. The maximum Gasteiger partial charge on any atom is 0.169 e. The van der Waals surface area contributed by atoms with Gasteiger partial charge in [-0.3, -0.25) is 0 Å². The number of halogens is 1. The zero-order chi connectivity index (χ0) is 11.7. The van der Waals surface area contributed by atoms with Crippen molar-refractivity contribution in [2.45, 2.75) is 26.3 Å². The van der Waals surface area contributed by atoms with Crippen molar-refractivity contribution in [1.82, 2.24) is 0 Å². The van der Waals surface area contributed by atoms with Crippen molar-refractivity contribution in [3.63, 3.8) is 0 Å². The Bertz CT molecular complexity index is 492. The molecule has 0 saturated carbocycles. The minimum Gasteiger partial charge on any atom is -0.456 e. The van der Waals surface area contributed by atoms with Crippen molar-refractivity contribution in [2.75, 3.05) is 0 Å². The van der Waals surface area contributed by atoms with E-state index in [1.807, 2.05) is 12.1 Å². The third kappa shape index (κ3) is 1.83. The summed E-state index contributed by atoms with van der Waals surface area (Å²) in [5.74, 6) is 0.651. The molecule has 1 unspecified atom stereocenters. The first-order valence-electron chi connectivity index (χ1n) is 5.57. The predicted octanol–water partition coefficient (Wildman–Crippen LogP) is 3.62. The Morgan fingerprint density at radius 1 is 1.44 bits per heavy atom. The lowest BCUT2D eigenvalue weighted by molar-refractivity contribution is 0.384. The van der Waals surface area contributed by atoms with Gasteiger partial charge in [-0.1, -0.05) is 32.4 Å².